The fourth-order valence-corrected chi connectivity index (χ4v) is 4.00. The third kappa shape index (κ3) is 3.18. The van der Waals surface area contributed by atoms with Crippen LogP contribution in [0.5, 0.6) is 0 Å². The number of nitrogens with two attached hydrogens (primary N) is 1. The number of hydrogen-bond acceptors (Lipinski definition) is 3. The largest absolute Gasteiger partial charge is 0.351 e. The zero-order valence-electron chi connectivity index (χ0n) is 12.2. The van der Waals surface area contributed by atoms with Crippen LogP contribution in [-0.4, -0.2) is 22.6 Å². The van der Waals surface area contributed by atoms with Crippen LogP contribution in [0.15, 0.2) is 29.2 Å². The number of pyridine rings is 1. The number of amides is 1. The number of nitrogens with zero attached hydrogens (tertiary/aromatic N) is 1. The molecule has 21 heavy (non-hydrogen) atoms. The fraction of sp³-hybridized carbons (Fsp3) is 0.625. The first-order valence-corrected chi connectivity index (χ1v) is 7.84. The molecule has 2 aliphatic rings. The normalized spacial score (nSPS) is 31.7. The summed E-state index contributed by atoms with van der Waals surface area (Å²) in [4.78, 5) is 23.9. The van der Waals surface area contributed by atoms with Gasteiger partial charge in [-0.3, -0.25) is 9.59 Å². The molecule has 3 N–H and O–H groups in total. The van der Waals surface area contributed by atoms with Gasteiger partial charge in [-0.25, -0.2) is 0 Å². The lowest BCUT2D eigenvalue weighted by atomic mass is 9.67. The van der Waals surface area contributed by atoms with Crippen molar-refractivity contribution in [1.82, 2.24) is 9.88 Å². The number of carbonyl (C=O) groups excluding carboxylic acids is 1. The molecule has 0 saturated heterocycles. The maximum atomic E-state index is 12.2. The van der Waals surface area contributed by atoms with Gasteiger partial charge in [-0.1, -0.05) is 12.5 Å². The van der Waals surface area contributed by atoms with Crippen LogP contribution in [0.4, 0.5) is 0 Å². The van der Waals surface area contributed by atoms with E-state index in [1.807, 2.05) is 0 Å². The van der Waals surface area contributed by atoms with Gasteiger partial charge in [0.15, 0.2) is 0 Å². The van der Waals surface area contributed by atoms with Gasteiger partial charge in [0.05, 0.1) is 0 Å². The molecule has 5 nitrogen and oxygen atoms in total. The Bertz CT molecular complexity index is 555. The van der Waals surface area contributed by atoms with Crippen molar-refractivity contribution in [1.29, 1.82) is 0 Å². The molecule has 5 heteroatoms. The summed E-state index contributed by atoms with van der Waals surface area (Å²) in [6.45, 7) is 0.0989. The monoisotopic (exact) mass is 289 g/mol. The van der Waals surface area contributed by atoms with Crippen LogP contribution in [-0.2, 0) is 11.3 Å². The Morgan fingerprint density at radius 1 is 1.29 bits per heavy atom. The van der Waals surface area contributed by atoms with Crippen molar-refractivity contribution in [3.63, 3.8) is 0 Å². The van der Waals surface area contributed by atoms with Crippen molar-refractivity contribution in [2.45, 2.75) is 50.7 Å². The van der Waals surface area contributed by atoms with Gasteiger partial charge in [0.2, 0.25) is 5.91 Å². The van der Waals surface area contributed by atoms with Crippen LogP contribution in [0.25, 0.3) is 0 Å². The molecule has 0 radical (unpaired) electrons. The molecular weight excluding hydrogens is 266 g/mol. The highest BCUT2D eigenvalue weighted by molar-refractivity contribution is 5.76. The lowest BCUT2D eigenvalue weighted by molar-refractivity contribution is -0.124. The molecule has 2 unspecified atom stereocenters. The van der Waals surface area contributed by atoms with Gasteiger partial charge in [-0.05, 0) is 43.6 Å². The van der Waals surface area contributed by atoms with E-state index in [2.05, 4.69) is 5.32 Å². The first-order valence-electron chi connectivity index (χ1n) is 7.84. The Morgan fingerprint density at radius 2 is 2.00 bits per heavy atom. The number of aromatic nitrogens is 1. The maximum absolute atomic E-state index is 12.2. The molecule has 114 valence electrons. The number of hydrogen-bond donors (Lipinski definition) is 2. The van der Waals surface area contributed by atoms with Gasteiger partial charge in [0.1, 0.15) is 6.54 Å². The fourth-order valence-electron chi connectivity index (χ4n) is 4.00. The zero-order chi connectivity index (χ0) is 14.8. The van der Waals surface area contributed by atoms with E-state index in [0.717, 1.165) is 25.7 Å². The Balaban J connectivity index is 1.65. The van der Waals surface area contributed by atoms with E-state index in [0.29, 0.717) is 11.8 Å². The summed E-state index contributed by atoms with van der Waals surface area (Å²) in [6.07, 6.45) is 7.21. The van der Waals surface area contributed by atoms with Crippen LogP contribution >= 0.6 is 0 Å². The molecule has 1 amide bonds. The molecule has 1 aromatic heterocycles. The van der Waals surface area contributed by atoms with E-state index >= 15 is 0 Å². The number of rotatable bonds is 3. The summed E-state index contributed by atoms with van der Waals surface area (Å²) < 4.78 is 1.44. The second-order valence-corrected chi connectivity index (χ2v) is 6.44. The van der Waals surface area contributed by atoms with Crippen LogP contribution < -0.4 is 16.6 Å². The van der Waals surface area contributed by atoms with Crippen molar-refractivity contribution in [3.05, 3.63) is 34.7 Å². The summed E-state index contributed by atoms with van der Waals surface area (Å²) in [5.74, 6) is 0.938. The maximum Gasteiger partial charge on any atom is 0.250 e. The molecule has 0 spiro atoms. The van der Waals surface area contributed by atoms with Crippen molar-refractivity contribution in [3.8, 4) is 0 Å². The van der Waals surface area contributed by atoms with Crippen LogP contribution in [0.1, 0.15) is 32.1 Å². The number of nitrogens with one attached hydrogen (secondary N) is 1. The Kier molecular flexibility index (Phi) is 4.10. The third-order valence-corrected chi connectivity index (χ3v) is 4.92. The predicted molar refractivity (Wildman–Crippen MR) is 80.7 cm³/mol. The van der Waals surface area contributed by atoms with Crippen molar-refractivity contribution in [2.75, 3.05) is 0 Å². The molecule has 2 aliphatic carbocycles. The van der Waals surface area contributed by atoms with Crippen molar-refractivity contribution in [2.24, 2.45) is 17.6 Å². The van der Waals surface area contributed by atoms with Crippen molar-refractivity contribution < 1.29 is 4.79 Å². The average Bonchev–Trinajstić information content (AvgIpc) is 2.42. The van der Waals surface area contributed by atoms with E-state index in [1.54, 1.807) is 18.3 Å². The van der Waals surface area contributed by atoms with E-state index in [9.17, 15) is 9.59 Å². The molecule has 0 aliphatic heterocycles. The van der Waals surface area contributed by atoms with E-state index in [-0.39, 0.29) is 30.1 Å². The Hall–Kier alpha value is -1.62. The topological polar surface area (TPSA) is 77.1 Å². The Labute approximate surface area is 124 Å². The van der Waals surface area contributed by atoms with Crippen LogP contribution in [0.3, 0.4) is 0 Å². The minimum Gasteiger partial charge on any atom is -0.351 e. The number of carbonyl (C=O) groups is 1. The molecule has 1 heterocycles. The highest BCUT2D eigenvalue weighted by Gasteiger charge is 2.39. The molecule has 3 rings (SSSR count). The molecular formula is C16H23N3O2. The molecule has 2 saturated carbocycles. The zero-order valence-corrected chi connectivity index (χ0v) is 12.2. The summed E-state index contributed by atoms with van der Waals surface area (Å²) in [6, 6.07) is 5.45. The summed E-state index contributed by atoms with van der Waals surface area (Å²) in [5.41, 5.74) is 5.96. The van der Waals surface area contributed by atoms with Crippen LogP contribution in [0, 0.1) is 11.8 Å². The molecule has 2 atom stereocenters. The Morgan fingerprint density at radius 3 is 2.67 bits per heavy atom. The van der Waals surface area contributed by atoms with Gasteiger partial charge in [0, 0.05) is 24.3 Å². The smallest absolute Gasteiger partial charge is 0.250 e. The van der Waals surface area contributed by atoms with Gasteiger partial charge in [-0.2, -0.15) is 0 Å². The summed E-state index contributed by atoms with van der Waals surface area (Å²) in [5, 5.41) is 3.16. The van der Waals surface area contributed by atoms with Gasteiger partial charge in [0.25, 0.3) is 5.56 Å². The SMILES string of the molecule is NC1CC2CCCC(C1)C2NC(=O)Cn1ccccc1=O. The first-order chi connectivity index (χ1) is 10.1. The van der Waals surface area contributed by atoms with E-state index in [4.69, 9.17) is 5.73 Å². The summed E-state index contributed by atoms with van der Waals surface area (Å²) >= 11 is 0. The van der Waals surface area contributed by atoms with E-state index < -0.39 is 0 Å². The average molecular weight is 289 g/mol. The second-order valence-electron chi connectivity index (χ2n) is 6.44. The van der Waals surface area contributed by atoms with Crippen molar-refractivity contribution >= 4 is 5.91 Å². The second kappa shape index (κ2) is 6.02. The molecule has 2 bridgehead atoms. The lowest BCUT2D eigenvalue weighted by Crippen LogP contribution is -2.54. The third-order valence-electron chi connectivity index (χ3n) is 4.92. The highest BCUT2D eigenvalue weighted by atomic mass is 16.2. The van der Waals surface area contributed by atoms with Gasteiger partial charge < -0.3 is 15.6 Å². The minimum absolute atomic E-state index is 0.0688. The lowest BCUT2D eigenvalue weighted by Gasteiger charge is -2.45. The van der Waals surface area contributed by atoms with Gasteiger partial charge >= 0.3 is 0 Å². The minimum atomic E-state index is -0.140. The van der Waals surface area contributed by atoms with Crippen LogP contribution in [0.2, 0.25) is 0 Å². The summed E-state index contributed by atoms with van der Waals surface area (Å²) in [7, 11) is 0. The first kappa shape index (κ1) is 14.3. The standard InChI is InChI=1S/C16H23N3O2/c17-13-8-11-4-3-5-12(9-13)16(11)18-14(20)10-19-7-2-1-6-15(19)21/h1-2,6-7,11-13,16H,3-5,8-10,17H2,(H,18,20). The molecule has 1 aromatic rings. The number of fused-ring (bicyclic) bond motifs is 2. The highest BCUT2D eigenvalue weighted by Crippen LogP contribution is 2.39. The predicted octanol–water partition coefficient (Wildman–Crippen LogP) is 0.870. The quantitative estimate of drug-likeness (QED) is 0.867. The van der Waals surface area contributed by atoms with E-state index in [1.165, 1.54) is 17.1 Å². The molecule has 0 aromatic carbocycles. The van der Waals surface area contributed by atoms with Gasteiger partial charge in [-0.15, -0.1) is 0 Å². The molecule has 2 fully saturated rings.